The minimum atomic E-state index is -2.09. The van der Waals surface area contributed by atoms with Gasteiger partial charge in [-0.25, -0.2) is 47.5 Å². The van der Waals surface area contributed by atoms with Crippen molar-refractivity contribution in [1.82, 2.24) is 66.5 Å². The van der Waals surface area contributed by atoms with E-state index < -0.39 is 204 Å². The van der Waals surface area contributed by atoms with Crippen LogP contribution >= 0.6 is 0 Å². The number of hydrogen-bond donors (Lipinski definition) is 14. The molecule has 742 valence electrons. The highest BCUT2D eigenvalue weighted by Crippen LogP contribution is 2.49. The van der Waals surface area contributed by atoms with Crippen LogP contribution in [-0.2, 0) is 140 Å². The van der Waals surface area contributed by atoms with Crippen molar-refractivity contribution in [3.8, 4) is 22.8 Å². The Bertz CT molecular complexity index is 6140. The maximum atomic E-state index is 15.5. The number of aliphatic hydroxyl groups is 2. The molecule has 0 saturated carbocycles. The third-order valence-corrected chi connectivity index (χ3v) is 26.4. The highest BCUT2D eigenvalue weighted by molar-refractivity contribution is 6.02. The van der Waals surface area contributed by atoms with Crippen LogP contribution < -0.4 is 64.3 Å². The number of esters is 2. The summed E-state index contributed by atoms with van der Waals surface area (Å²) in [5.74, 6) is -11.6. The minimum absolute atomic E-state index is 0.00838. The number of pyridine rings is 4. The first-order valence-corrected chi connectivity index (χ1v) is 46.0. The number of carbonyl (C=O) groups excluding carboxylic acids is 12. The molecule has 8 heterocycles. The van der Waals surface area contributed by atoms with Crippen molar-refractivity contribution in [3.63, 3.8) is 0 Å². The first kappa shape index (κ1) is 101. The number of carboxylic acids is 2. The highest BCUT2D eigenvalue weighted by Gasteiger charge is 2.49. The number of alkyl carbamates (subject to hydrolysis) is 4. The van der Waals surface area contributed by atoms with Gasteiger partial charge in [-0.1, -0.05) is 65.8 Å². The minimum Gasteiger partial charge on any atom is -0.481 e. The summed E-state index contributed by atoms with van der Waals surface area (Å²) in [7, 11) is 1.55. The number of nitrogens with one attached hydrogen (secondary N) is 10. The fraction of sp³-hybridized carbons (Fsp3) is 0.443. The van der Waals surface area contributed by atoms with Crippen LogP contribution in [0, 0.1) is 37.3 Å². The van der Waals surface area contributed by atoms with Gasteiger partial charge in [0.2, 0.25) is 35.4 Å². The fourth-order valence-electron chi connectivity index (χ4n) is 18.4. The van der Waals surface area contributed by atoms with Crippen molar-refractivity contribution < 1.29 is 125 Å². The smallest absolute Gasteiger partial charge is 0.407 e. The molecule has 0 fully saturated rings. The van der Waals surface area contributed by atoms with Crippen molar-refractivity contribution >= 4 is 117 Å². The Labute approximate surface area is 798 Å². The van der Waals surface area contributed by atoms with Crippen LogP contribution in [-0.4, -0.2) is 198 Å². The number of benzene rings is 4. The maximum absolute atomic E-state index is 15.5. The molecule has 0 spiro atoms. The third-order valence-electron chi connectivity index (χ3n) is 26.4. The molecule has 8 aromatic rings. The molecule has 4 aliphatic heterocycles. The second-order valence-electron chi connectivity index (χ2n) is 36.4. The van der Waals surface area contributed by atoms with Crippen molar-refractivity contribution in [2.75, 3.05) is 44.0 Å². The summed E-state index contributed by atoms with van der Waals surface area (Å²) < 4.78 is 66.5. The zero-order valence-corrected chi connectivity index (χ0v) is 78.6. The normalized spacial score (nSPS) is 17.9. The zero-order chi connectivity index (χ0) is 101. The largest absolute Gasteiger partial charge is 0.481 e. The summed E-state index contributed by atoms with van der Waals surface area (Å²) in [5.41, 5.74) is 3.35. The van der Waals surface area contributed by atoms with E-state index >= 15 is 8.78 Å². The second-order valence-corrected chi connectivity index (χ2v) is 36.4. The molecular weight excluding hydrogens is 1830 g/mol. The molecule has 4 aromatic carbocycles. The molecular formula is C97H109F2N15O26. The van der Waals surface area contributed by atoms with Crippen LogP contribution in [0.4, 0.5) is 39.3 Å². The lowest BCUT2D eigenvalue weighted by molar-refractivity contribution is -0.172. The Morgan fingerprint density at radius 2 is 0.864 bits per heavy atom. The van der Waals surface area contributed by atoms with E-state index in [9.17, 15) is 97.1 Å². The SMILES string of the molecule is CC[C@@]1(O)C(=O)OCc2c1cc1n(c2=O)Cc2c-1nc1cc(F)c(C)c3c1c2[C@@H](NC(=O)OCc1ccc(NC(=O)[C@H](C)NC(=O)[C@@H](NC(=O)[C@H](CCC(=O)O)NC(=O)OCCN(C)CCOC(=O)N[C@@H](CCC(=O)O)C(=O)N[C@H](C(=O)N[C@@H](C)C(=O)Nc2ccc(COC(=O)N[C@H]4CCc5c(C)c(F)cc6nc7c(c4c56)Cn4c-7cc5c(c4=O)COC(=O)[C@]5(O)CC)cc2)C(C)C)C(C)C)cc1)CC3. The van der Waals surface area contributed by atoms with Gasteiger partial charge < -0.3 is 111 Å². The van der Waals surface area contributed by atoms with Gasteiger partial charge in [-0.15, -0.1) is 0 Å². The van der Waals surface area contributed by atoms with E-state index in [1.165, 1.54) is 59.4 Å². The van der Waals surface area contributed by atoms with Crippen molar-refractivity contribution in [2.24, 2.45) is 11.8 Å². The van der Waals surface area contributed by atoms with Gasteiger partial charge in [-0.05, 0) is 179 Å². The van der Waals surface area contributed by atoms with E-state index in [-0.39, 0.29) is 123 Å². The quantitative estimate of drug-likeness (QED) is 0.0140. The Balaban J connectivity index is 0.496. The average Bonchev–Trinajstić information content (AvgIpc) is 1.59. The molecule has 14 N–H and O–H groups in total. The van der Waals surface area contributed by atoms with Gasteiger partial charge in [0.1, 0.15) is 87.5 Å². The number of hydrogen-bond acceptors (Lipinski definition) is 27. The van der Waals surface area contributed by atoms with Crippen molar-refractivity contribution in [3.05, 3.63) is 183 Å². The van der Waals surface area contributed by atoms with E-state index in [2.05, 4.69) is 53.2 Å². The summed E-state index contributed by atoms with van der Waals surface area (Å²) in [6.45, 7) is 13.8. The van der Waals surface area contributed by atoms with Crippen LogP contribution in [0.5, 0.6) is 0 Å². The lowest BCUT2D eigenvalue weighted by atomic mass is 9.81. The number of likely N-dealkylation sites (N-methyl/N-ethyl adjacent to an activating group) is 1. The lowest BCUT2D eigenvalue weighted by Crippen LogP contribution is -2.57. The summed E-state index contributed by atoms with van der Waals surface area (Å²) >= 11 is 0. The van der Waals surface area contributed by atoms with E-state index in [1.54, 1.807) is 104 Å². The molecule has 6 aliphatic rings. The maximum Gasteiger partial charge on any atom is 0.407 e. The fourth-order valence-corrected chi connectivity index (χ4v) is 18.4. The number of anilines is 2. The van der Waals surface area contributed by atoms with Crippen LogP contribution in [0.3, 0.4) is 0 Å². The number of fused-ring (bicyclic) bond motifs is 10. The van der Waals surface area contributed by atoms with E-state index in [1.807, 2.05) is 0 Å². The molecule has 41 nitrogen and oxygen atoms in total. The second kappa shape index (κ2) is 41.8. The Kier molecular flexibility index (Phi) is 30.2. The molecule has 0 radical (unpaired) electrons. The zero-order valence-electron chi connectivity index (χ0n) is 78.6. The van der Waals surface area contributed by atoms with Gasteiger partial charge in [0.05, 0.1) is 70.1 Å². The number of aryl methyl sites for hydroxylation is 2. The Morgan fingerprint density at radius 3 is 1.21 bits per heavy atom. The number of nitrogens with zero attached hydrogens (tertiary/aromatic N) is 5. The van der Waals surface area contributed by atoms with E-state index in [0.29, 0.717) is 115 Å². The van der Waals surface area contributed by atoms with Crippen LogP contribution in [0.2, 0.25) is 0 Å². The van der Waals surface area contributed by atoms with Crippen LogP contribution in [0.25, 0.3) is 44.6 Å². The van der Waals surface area contributed by atoms with Gasteiger partial charge in [-0.3, -0.25) is 52.8 Å². The lowest BCUT2D eigenvalue weighted by Gasteiger charge is -2.31. The molecule has 10 amide bonds. The molecule has 0 saturated heterocycles. The van der Waals surface area contributed by atoms with Gasteiger partial charge in [0.25, 0.3) is 11.1 Å². The first-order valence-electron chi connectivity index (χ1n) is 46.0. The van der Waals surface area contributed by atoms with E-state index in [0.717, 1.165) is 0 Å². The number of aliphatic carboxylic acids is 2. The molecule has 2 aliphatic carbocycles. The molecule has 140 heavy (non-hydrogen) atoms. The predicted octanol–water partition coefficient (Wildman–Crippen LogP) is 6.91. The number of halogens is 2. The average molecular weight is 1940 g/mol. The van der Waals surface area contributed by atoms with Gasteiger partial charge in [0, 0.05) is 82.5 Å². The number of carboxylic acid groups (broad SMARTS) is 2. The van der Waals surface area contributed by atoms with Crippen LogP contribution in [0.1, 0.15) is 197 Å². The Morgan fingerprint density at radius 1 is 0.493 bits per heavy atom. The van der Waals surface area contributed by atoms with Gasteiger partial charge >= 0.3 is 48.3 Å². The van der Waals surface area contributed by atoms with Crippen molar-refractivity contribution in [1.29, 1.82) is 0 Å². The van der Waals surface area contributed by atoms with Gasteiger partial charge in [0.15, 0.2) is 11.2 Å². The summed E-state index contributed by atoms with van der Waals surface area (Å²) in [5, 5.41) is 69.5. The standard InChI is InChI=1S/C97H109F2N15O26/c1-12-96(133)60-34-70-80-56(38-113(70)88(125)58(60)42-137-90(96)127)76-64(24-22-54-46(7)62(98)36-68(104-80)74(54)76)106-94(131)139-40-50-14-18-52(19-15-50)102-82(119)48(9)100-86(123)78(44(3)4)110-84(121)66(26-28-72(115)116)108-92(129)135-32-30-112(11)31-33-136-93(130)109-67(27-29-73(117)118)85(122)111-79(45(5)6)87(124)101-49(10)83(120)103-53-20-16-51(17-21-53)41-140-95(132)107-65-25-23-55-47(8)63(99)37-69-75(55)77(65)57-39-114-71(81(57)105-69)35-61-59(89(114)126)43-138-91(128)97(61,134)13-2/h14-21,34-37,44-45,48-49,64-67,78-79,133-134H,12-13,22-33,38-43H2,1-11H3,(H,100,123)(H,101,124)(H,102,119)(H,103,120)(H,106,131)(H,107,132)(H,108,129)(H,109,130)(H,110,121)(H,111,122)(H,115,116)(H,117,118)/t48-,49-,64-,65-,66-,67-,78-,79-,96-,97-/m0/s1. The number of carbonyl (C=O) groups is 14. The molecule has 0 bridgehead atoms. The monoisotopic (exact) mass is 1940 g/mol. The number of cyclic esters (lactones) is 2. The first-order chi connectivity index (χ1) is 66.5. The molecule has 0 unspecified atom stereocenters. The number of ether oxygens (including phenoxy) is 6. The summed E-state index contributed by atoms with van der Waals surface area (Å²) in [6, 6.07) is 8.59. The van der Waals surface area contributed by atoms with Crippen LogP contribution in [0.15, 0.2) is 82.4 Å². The topological polar surface area (TPSA) is 569 Å². The highest BCUT2D eigenvalue weighted by atomic mass is 19.1. The number of amides is 10. The Hall–Kier alpha value is -14.9. The van der Waals surface area contributed by atoms with Crippen molar-refractivity contribution in [2.45, 2.75) is 232 Å². The number of rotatable bonds is 36. The molecule has 14 rings (SSSR count). The summed E-state index contributed by atoms with van der Waals surface area (Å²) in [4.78, 5) is 225. The third kappa shape index (κ3) is 21.1. The summed E-state index contributed by atoms with van der Waals surface area (Å²) in [6.07, 6.45) is -4.79. The molecule has 43 heteroatoms. The predicted molar refractivity (Wildman–Crippen MR) is 494 cm³/mol. The van der Waals surface area contributed by atoms with E-state index in [4.69, 9.17) is 38.4 Å². The van der Waals surface area contributed by atoms with Gasteiger partial charge in [-0.2, -0.15) is 0 Å². The molecule has 10 atom stereocenters. The number of aromatic nitrogens is 4. The molecule has 4 aromatic heterocycles.